The summed E-state index contributed by atoms with van der Waals surface area (Å²) in [5.74, 6) is 1.87. The van der Waals surface area contributed by atoms with Crippen molar-refractivity contribution in [1.82, 2.24) is 15.3 Å². The number of thiocarbonyl (C=S) groups is 1. The van der Waals surface area contributed by atoms with Gasteiger partial charge in [0.05, 0.1) is 7.11 Å². The van der Waals surface area contributed by atoms with Crippen molar-refractivity contribution < 1.29 is 4.74 Å². The molecule has 23 heavy (non-hydrogen) atoms. The molecule has 0 aliphatic carbocycles. The highest BCUT2D eigenvalue weighted by atomic mass is 32.1. The lowest BCUT2D eigenvalue weighted by Crippen LogP contribution is -2.43. The molecule has 2 rings (SSSR count). The van der Waals surface area contributed by atoms with Crippen molar-refractivity contribution in [3.63, 3.8) is 0 Å². The van der Waals surface area contributed by atoms with Gasteiger partial charge in [0.2, 0.25) is 11.8 Å². The van der Waals surface area contributed by atoms with Crippen LogP contribution in [0.1, 0.15) is 47.0 Å². The molecule has 0 unspecified atom stereocenters. The Kier molecular flexibility index (Phi) is 5.62. The van der Waals surface area contributed by atoms with E-state index < -0.39 is 0 Å². The number of methoxy groups -OCH3 is 1. The van der Waals surface area contributed by atoms with Crippen LogP contribution in [0.5, 0.6) is 5.88 Å². The molecule has 6 nitrogen and oxygen atoms in total. The number of nitrogens with one attached hydrogen (secondary N) is 2. The van der Waals surface area contributed by atoms with Crippen LogP contribution in [0.4, 0.5) is 11.8 Å². The Bertz CT molecular complexity index is 558. The average Bonchev–Trinajstić information content (AvgIpc) is 2.45. The highest BCUT2D eigenvalue weighted by Gasteiger charge is 2.21. The van der Waals surface area contributed by atoms with E-state index >= 15 is 0 Å². The van der Waals surface area contributed by atoms with E-state index in [2.05, 4.69) is 32.4 Å². The minimum absolute atomic E-state index is 0.118. The monoisotopic (exact) mass is 337 g/mol. The van der Waals surface area contributed by atoms with Gasteiger partial charge in [-0.15, -0.1) is 0 Å². The van der Waals surface area contributed by atoms with Gasteiger partial charge in [-0.25, -0.2) is 0 Å². The molecule has 0 spiro atoms. The zero-order valence-electron chi connectivity index (χ0n) is 14.6. The predicted molar refractivity (Wildman–Crippen MR) is 98.4 cm³/mol. The first-order valence-corrected chi connectivity index (χ1v) is 8.48. The summed E-state index contributed by atoms with van der Waals surface area (Å²) < 4.78 is 5.32. The molecule has 1 aromatic rings. The van der Waals surface area contributed by atoms with Crippen molar-refractivity contribution in [2.75, 3.05) is 23.9 Å². The molecule has 1 atom stereocenters. The van der Waals surface area contributed by atoms with Crippen LogP contribution in [0.2, 0.25) is 0 Å². The molecule has 0 aromatic carbocycles. The number of rotatable bonds is 3. The minimum Gasteiger partial charge on any atom is -0.481 e. The largest absolute Gasteiger partial charge is 0.481 e. The lowest BCUT2D eigenvalue weighted by Gasteiger charge is -2.34. The molecular weight excluding hydrogens is 310 g/mol. The number of anilines is 2. The molecule has 0 saturated carbocycles. The third-order valence-electron chi connectivity index (χ3n) is 3.71. The van der Waals surface area contributed by atoms with Gasteiger partial charge in [-0.2, -0.15) is 9.97 Å². The van der Waals surface area contributed by atoms with Crippen molar-refractivity contribution in [3.8, 4) is 5.88 Å². The molecular formula is C16H27N5OS. The van der Waals surface area contributed by atoms with Crippen LogP contribution < -0.4 is 20.3 Å². The van der Waals surface area contributed by atoms with E-state index in [-0.39, 0.29) is 5.54 Å². The Labute approximate surface area is 144 Å². The summed E-state index contributed by atoms with van der Waals surface area (Å²) in [5, 5.41) is 6.76. The molecule has 0 amide bonds. The normalized spacial score (nSPS) is 18.5. The summed E-state index contributed by atoms with van der Waals surface area (Å²) in [5.41, 5.74) is -0.118. The third kappa shape index (κ3) is 5.20. The summed E-state index contributed by atoms with van der Waals surface area (Å²) in [4.78, 5) is 11.3. The van der Waals surface area contributed by atoms with Crippen LogP contribution >= 0.6 is 12.2 Å². The average molecular weight is 337 g/mol. The molecule has 128 valence electrons. The minimum atomic E-state index is -0.118. The second-order valence-electron chi connectivity index (χ2n) is 6.96. The van der Waals surface area contributed by atoms with E-state index in [0.29, 0.717) is 23.0 Å². The Morgan fingerprint density at radius 3 is 2.70 bits per heavy atom. The second-order valence-corrected chi connectivity index (χ2v) is 7.37. The highest BCUT2D eigenvalue weighted by molar-refractivity contribution is 7.80. The van der Waals surface area contributed by atoms with E-state index in [0.717, 1.165) is 12.4 Å². The van der Waals surface area contributed by atoms with Crippen molar-refractivity contribution >= 4 is 29.1 Å². The fraction of sp³-hybridized carbons (Fsp3) is 0.688. The maximum atomic E-state index is 5.33. The van der Waals surface area contributed by atoms with E-state index in [1.165, 1.54) is 19.3 Å². The maximum Gasteiger partial charge on any atom is 0.234 e. The van der Waals surface area contributed by atoms with Crippen LogP contribution in [0, 0.1) is 0 Å². The van der Waals surface area contributed by atoms with E-state index in [4.69, 9.17) is 17.0 Å². The summed E-state index contributed by atoms with van der Waals surface area (Å²) in [6.45, 7) is 9.38. The van der Waals surface area contributed by atoms with Gasteiger partial charge in [0.15, 0.2) is 5.11 Å². The molecule has 1 aliphatic rings. The maximum absolute atomic E-state index is 5.33. The Balaban J connectivity index is 2.20. The van der Waals surface area contributed by atoms with Crippen molar-refractivity contribution in [2.45, 2.75) is 58.5 Å². The third-order valence-corrected chi connectivity index (χ3v) is 3.91. The van der Waals surface area contributed by atoms with Crippen molar-refractivity contribution in [2.24, 2.45) is 0 Å². The lowest BCUT2D eigenvalue weighted by atomic mass is 10.0. The zero-order valence-corrected chi connectivity index (χ0v) is 15.5. The van der Waals surface area contributed by atoms with E-state index in [9.17, 15) is 0 Å². The number of hydrogen-bond acceptors (Lipinski definition) is 5. The Hall–Kier alpha value is -1.63. The van der Waals surface area contributed by atoms with Crippen LogP contribution in [-0.4, -0.2) is 40.3 Å². The second kappa shape index (κ2) is 7.29. The highest BCUT2D eigenvalue weighted by Crippen LogP contribution is 2.26. The first-order chi connectivity index (χ1) is 10.8. The van der Waals surface area contributed by atoms with Gasteiger partial charge >= 0.3 is 0 Å². The smallest absolute Gasteiger partial charge is 0.234 e. The topological polar surface area (TPSA) is 62.3 Å². The Morgan fingerprint density at radius 2 is 2.09 bits per heavy atom. The van der Waals surface area contributed by atoms with Gasteiger partial charge in [-0.05, 0) is 59.2 Å². The molecule has 1 fully saturated rings. The Morgan fingerprint density at radius 1 is 1.35 bits per heavy atom. The number of hydrogen-bond donors (Lipinski definition) is 2. The fourth-order valence-corrected chi connectivity index (χ4v) is 3.03. The first-order valence-electron chi connectivity index (χ1n) is 8.07. The molecule has 2 heterocycles. The van der Waals surface area contributed by atoms with Gasteiger partial charge in [-0.3, -0.25) is 0 Å². The van der Waals surface area contributed by atoms with Gasteiger partial charge < -0.3 is 20.3 Å². The SMILES string of the molecule is COc1cc(N2CCCC[C@H]2C)nc(NC(=S)NC(C)(C)C)n1. The number of piperidine rings is 1. The molecule has 7 heteroatoms. The summed E-state index contributed by atoms with van der Waals surface area (Å²) in [6, 6.07) is 2.35. The van der Waals surface area contributed by atoms with Crippen LogP contribution in [-0.2, 0) is 0 Å². The summed E-state index contributed by atoms with van der Waals surface area (Å²) in [6.07, 6.45) is 3.63. The summed E-state index contributed by atoms with van der Waals surface area (Å²) >= 11 is 5.33. The van der Waals surface area contributed by atoms with Crippen molar-refractivity contribution in [3.05, 3.63) is 6.07 Å². The number of ether oxygens (including phenoxy) is 1. The van der Waals surface area contributed by atoms with Crippen LogP contribution in [0.25, 0.3) is 0 Å². The van der Waals surface area contributed by atoms with Crippen LogP contribution in [0.15, 0.2) is 6.07 Å². The van der Waals surface area contributed by atoms with Gasteiger partial charge in [0, 0.05) is 24.2 Å². The fourth-order valence-electron chi connectivity index (χ4n) is 2.63. The van der Waals surface area contributed by atoms with Gasteiger partial charge in [0.25, 0.3) is 0 Å². The zero-order chi connectivity index (χ0) is 17.0. The molecule has 1 aliphatic heterocycles. The number of aromatic nitrogens is 2. The number of nitrogens with zero attached hydrogens (tertiary/aromatic N) is 3. The molecule has 1 saturated heterocycles. The van der Waals surface area contributed by atoms with Gasteiger partial charge in [0.1, 0.15) is 5.82 Å². The van der Waals surface area contributed by atoms with Gasteiger partial charge in [-0.1, -0.05) is 0 Å². The van der Waals surface area contributed by atoms with E-state index in [1.54, 1.807) is 7.11 Å². The predicted octanol–water partition coefficient (Wildman–Crippen LogP) is 2.95. The lowest BCUT2D eigenvalue weighted by molar-refractivity contribution is 0.396. The molecule has 1 aromatic heterocycles. The molecule has 2 N–H and O–H groups in total. The molecule has 0 radical (unpaired) electrons. The first kappa shape index (κ1) is 17.7. The van der Waals surface area contributed by atoms with Crippen LogP contribution in [0.3, 0.4) is 0 Å². The standard InChI is InChI=1S/C16H27N5OS/c1-11-8-6-7-9-21(11)12-10-13(22-5)18-14(17-12)19-15(23)20-16(2,3)4/h10-11H,6-9H2,1-5H3,(H2,17,18,19,20,23)/t11-/m1/s1. The summed E-state index contributed by atoms with van der Waals surface area (Å²) in [7, 11) is 1.61. The van der Waals surface area contributed by atoms with Crippen molar-refractivity contribution in [1.29, 1.82) is 0 Å². The van der Waals surface area contributed by atoms with E-state index in [1.807, 2.05) is 26.8 Å². The quantitative estimate of drug-likeness (QED) is 0.822. The molecule has 0 bridgehead atoms.